The van der Waals surface area contributed by atoms with Crippen LogP contribution in [-0.2, 0) is 6.54 Å². The number of nitrogens with zero attached hydrogens (tertiary/aromatic N) is 1. The minimum Gasteiger partial charge on any atom is -0.368 e. The summed E-state index contributed by atoms with van der Waals surface area (Å²) < 4.78 is 0.297. The van der Waals surface area contributed by atoms with Gasteiger partial charge < -0.3 is 10.2 Å². The zero-order chi connectivity index (χ0) is 14.6. The van der Waals surface area contributed by atoms with Gasteiger partial charge in [-0.1, -0.05) is 30.7 Å². The van der Waals surface area contributed by atoms with Crippen molar-refractivity contribution in [2.45, 2.75) is 38.5 Å². The Morgan fingerprint density at radius 2 is 2.20 bits per heavy atom. The van der Waals surface area contributed by atoms with E-state index in [4.69, 9.17) is 11.6 Å². The second kappa shape index (κ2) is 7.06. The largest absolute Gasteiger partial charge is 0.368 e. The summed E-state index contributed by atoms with van der Waals surface area (Å²) >= 11 is 8.54. The van der Waals surface area contributed by atoms with Crippen molar-refractivity contribution < 1.29 is 0 Å². The molecule has 0 spiro atoms. The van der Waals surface area contributed by atoms with Crippen LogP contribution < -0.4 is 10.2 Å². The van der Waals surface area contributed by atoms with Crippen LogP contribution in [0.2, 0.25) is 5.02 Å². The van der Waals surface area contributed by atoms with Crippen LogP contribution in [0.1, 0.15) is 32.8 Å². The van der Waals surface area contributed by atoms with Gasteiger partial charge in [-0.3, -0.25) is 0 Å². The van der Waals surface area contributed by atoms with Crippen LogP contribution in [0.5, 0.6) is 0 Å². The van der Waals surface area contributed by atoms with E-state index in [1.165, 1.54) is 17.0 Å². The molecule has 1 fully saturated rings. The van der Waals surface area contributed by atoms with Crippen molar-refractivity contribution in [2.75, 3.05) is 30.3 Å². The molecular formula is C16H25ClN2S. The van der Waals surface area contributed by atoms with Crippen molar-refractivity contribution in [3.63, 3.8) is 0 Å². The van der Waals surface area contributed by atoms with E-state index >= 15 is 0 Å². The molecule has 2 nitrogen and oxygen atoms in total. The van der Waals surface area contributed by atoms with Gasteiger partial charge in [0.25, 0.3) is 0 Å². The Kier molecular flexibility index (Phi) is 5.65. The van der Waals surface area contributed by atoms with Crippen molar-refractivity contribution in [3.05, 3.63) is 28.8 Å². The summed E-state index contributed by atoms with van der Waals surface area (Å²) in [5.74, 6) is 1.17. The fourth-order valence-electron chi connectivity index (χ4n) is 2.66. The summed E-state index contributed by atoms with van der Waals surface area (Å²) in [6.45, 7) is 10.9. The van der Waals surface area contributed by atoms with Gasteiger partial charge in [0.05, 0.1) is 10.7 Å². The van der Waals surface area contributed by atoms with E-state index in [9.17, 15) is 0 Å². The van der Waals surface area contributed by atoms with Crippen LogP contribution in [0.3, 0.4) is 0 Å². The minimum atomic E-state index is 0.297. The third-order valence-corrected chi connectivity index (χ3v) is 5.16. The van der Waals surface area contributed by atoms with Crippen LogP contribution in [0.25, 0.3) is 0 Å². The molecule has 1 aromatic carbocycles. The standard InChI is InChI=1S/C16H25ClN2S/c1-4-8-18-11-13-6-5-7-14(17)15(13)19-9-10-20-16(2,3)12-19/h5-7,18H,4,8-12H2,1-3H3. The van der Waals surface area contributed by atoms with Gasteiger partial charge in [-0.2, -0.15) is 11.8 Å². The van der Waals surface area contributed by atoms with E-state index in [0.717, 1.165) is 37.6 Å². The van der Waals surface area contributed by atoms with E-state index in [0.29, 0.717) is 4.75 Å². The summed E-state index contributed by atoms with van der Waals surface area (Å²) in [5, 5.41) is 4.37. The molecular weight excluding hydrogens is 288 g/mol. The number of para-hydroxylation sites is 1. The first-order valence-corrected chi connectivity index (χ1v) is 8.77. The molecule has 0 amide bonds. The molecule has 1 aliphatic heterocycles. The molecule has 4 heteroatoms. The lowest BCUT2D eigenvalue weighted by Gasteiger charge is -2.40. The zero-order valence-corrected chi connectivity index (χ0v) is 14.3. The number of rotatable bonds is 5. The highest BCUT2D eigenvalue weighted by atomic mass is 35.5. The molecule has 20 heavy (non-hydrogen) atoms. The van der Waals surface area contributed by atoms with Gasteiger partial charge in [0.1, 0.15) is 0 Å². The molecule has 2 rings (SSSR count). The molecule has 1 aromatic rings. The first-order chi connectivity index (χ1) is 9.53. The molecule has 0 bridgehead atoms. The Hall–Kier alpha value is -0.380. The van der Waals surface area contributed by atoms with E-state index in [2.05, 4.69) is 54.9 Å². The Bertz CT molecular complexity index is 448. The second-order valence-electron chi connectivity index (χ2n) is 5.95. The normalized spacial score (nSPS) is 18.3. The van der Waals surface area contributed by atoms with Crippen LogP contribution >= 0.6 is 23.4 Å². The molecule has 0 aliphatic carbocycles. The maximum absolute atomic E-state index is 6.49. The van der Waals surface area contributed by atoms with Crippen LogP contribution in [0, 0.1) is 0 Å². The van der Waals surface area contributed by atoms with Gasteiger partial charge in [0.2, 0.25) is 0 Å². The monoisotopic (exact) mass is 312 g/mol. The maximum Gasteiger partial charge on any atom is 0.0642 e. The summed E-state index contributed by atoms with van der Waals surface area (Å²) in [6, 6.07) is 6.26. The summed E-state index contributed by atoms with van der Waals surface area (Å²) in [5.41, 5.74) is 2.54. The van der Waals surface area contributed by atoms with E-state index in [1.54, 1.807) is 0 Å². The number of anilines is 1. The number of thioether (sulfide) groups is 1. The fourth-order valence-corrected chi connectivity index (χ4v) is 4.09. The first kappa shape index (κ1) is 16.0. The quantitative estimate of drug-likeness (QED) is 0.821. The summed E-state index contributed by atoms with van der Waals surface area (Å²) in [4.78, 5) is 2.46. The summed E-state index contributed by atoms with van der Waals surface area (Å²) in [6.07, 6.45) is 1.16. The smallest absolute Gasteiger partial charge is 0.0642 e. The number of benzene rings is 1. The Morgan fingerprint density at radius 3 is 2.90 bits per heavy atom. The molecule has 1 heterocycles. The number of halogens is 1. The predicted octanol–water partition coefficient (Wildman–Crippen LogP) is 4.17. The second-order valence-corrected chi connectivity index (χ2v) is 8.16. The van der Waals surface area contributed by atoms with Gasteiger partial charge in [0.15, 0.2) is 0 Å². The Balaban J connectivity index is 2.20. The predicted molar refractivity (Wildman–Crippen MR) is 92.2 cm³/mol. The minimum absolute atomic E-state index is 0.297. The summed E-state index contributed by atoms with van der Waals surface area (Å²) in [7, 11) is 0. The average Bonchev–Trinajstić information content (AvgIpc) is 2.38. The zero-order valence-electron chi connectivity index (χ0n) is 12.7. The third-order valence-electron chi connectivity index (χ3n) is 3.55. The van der Waals surface area contributed by atoms with Crippen molar-refractivity contribution >= 4 is 29.1 Å². The highest BCUT2D eigenvalue weighted by Crippen LogP contribution is 2.37. The molecule has 1 saturated heterocycles. The lowest BCUT2D eigenvalue weighted by molar-refractivity contribution is 0.637. The van der Waals surface area contributed by atoms with E-state index in [1.807, 2.05) is 6.07 Å². The maximum atomic E-state index is 6.49. The molecule has 0 unspecified atom stereocenters. The SMILES string of the molecule is CCCNCc1cccc(Cl)c1N1CCSC(C)(C)C1. The van der Waals surface area contributed by atoms with Crippen LogP contribution in [0.4, 0.5) is 5.69 Å². The van der Waals surface area contributed by atoms with Crippen molar-refractivity contribution in [1.29, 1.82) is 0 Å². The average molecular weight is 313 g/mol. The number of nitrogens with one attached hydrogen (secondary N) is 1. The van der Waals surface area contributed by atoms with Gasteiger partial charge in [-0.15, -0.1) is 0 Å². The molecule has 0 saturated carbocycles. The van der Waals surface area contributed by atoms with Gasteiger partial charge in [-0.25, -0.2) is 0 Å². The van der Waals surface area contributed by atoms with Gasteiger partial charge in [-0.05, 0) is 38.4 Å². The fraction of sp³-hybridized carbons (Fsp3) is 0.625. The number of hydrogen-bond acceptors (Lipinski definition) is 3. The lowest BCUT2D eigenvalue weighted by atomic mass is 10.1. The molecule has 112 valence electrons. The molecule has 1 N–H and O–H groups in total. The molecule has 0 radical (unpaired) electrons. The van der Waals surface area contributed by atoms with Crippen LogP contribution in [0.15, 0.2) is 18.2 Å². The molecule has 1 aliphatic rings. The first-order valence-electron chi connectivity index (χ1n) is 7.40. The molecule has 0 atom stereocenters. The molecule has 0 aromatic heterocycles. The third kappa shape index (κ3) is 4.06. The highest BCUT2D eigenvalue weighted by Gasteiger charge is 2.29. The van der Waals surface area contributed by atoms with Crippen molar-refractivity contribution in [2.24, 2.45) is 0 Å². The van der Waals surface area contributed by atoms with E-state index < -0.39 is 0 Å². The van der Waals surface area contributed by atoms with E-state index in [-0.39, 0.29) is 0 Å². The Labute approximate surface area is 132 Å². The van der Waals surface area contributed by atoms with Gasteiger partial charge in [0, 0.05) is 30.1 Å². The Morgan fingerprint density at radius 1 is 1.40 bits per heavy atom. The highest BCUT2D eigenvalue weighted by molar-refractivity contribution is 8.00. The van der Waals surface area contributed by atoms with Gasteiger partial charge >= 0.3 is 0 Å². The number of hydrogen-bond donors (Lipinski definition) is 1. The van der Waals surface area contributed by atoms with Crippen molar-refractivity contribution in [3.8, 4) is 0 Å². The topological polar surface area (TPSA) is 15.3 Å². The lowest BCUT2D eigenvalue weighted by Crippen LogP contribution is -2.43. The van der Waals surface area contributed by atoms with Crippen molar-refractivity contribution in [1.82, 2.24) is 5.32 Å². The van der Waals surface area contributed by atoms with Crippen LogP contribution in [-0.4, -0.2) is 30.1 Å².